The lowest BCUT2D eigenvalue weighted by atomic mass is 10.0. The average Bonchev–Trinajstić information content (AvgIpc) is 2.26. The highest BCUT2D eigenvalue weighted by atomic mass is 16.3. The largest absolute Gasteiger partial charge is 0.506 e. The van der Waals surface area contributed by atoms with E-state index in [9.17, 15) is 10.2 Å². The van der Waals surface area contributed by atoms with Crippen molar-refractivity contribution in [3.63, 3.8) is 0 Å². The molecule has 0 heterocycles. The van der Waals surface area contributed by atoms with E-state index in [1.807, 2.05) is 0 Å². The predicted molar refractivity (Wildman–Crippen MR) is 67.6 cm³/mol. The lowest BCUT2D eigenvalue weighted by Gasteiger charge is -2.06. The maximum Gasteiger partial charge on any atom is 0.138 e. The van der Waals surface area contributed by atoms with E-state index in [2.05, 4.69) is 0 Å². The van der Waals surface area contributed by atoms with Gasteiger partial charge < -0.3 is 27.2 Å². The average molecular weight is 234 g/mol. The molecule has 5 nitrogen and oxygen atoms in total. The third kappa shape index (κ3) is 2.40. The van der Waals surface area contributed by atoms with Gasteiger partial charge in [-0.2, -0.15) is 0 Å². The van der Waals surface area contributed by atoms with Crippen LogP contribution in [0, 0.1) is 0 Å². The number of anilines is 2. The van der Waals surface area contributed by atoms with E-state index in [4.69, 9.17) is 11.5 Å². The molecule has 0 radical (unpaired) electrons. The second-order valence-electron chi connectivity index (χ2n) is 3.55. The van der Waals surface area contributed by atoms with Crippen LogP contribution in [0.5, 0.6) is 11.5 Å². The minimum Gasteiger partial charge on any atom is -0.506 e. The van der Waals surface area contributed by atoms with Crippen LogP contribution < -0.4 is 11.5 Å². The van der Waals surface area contributed by atoms with E-state index in [1.54, 1.807) is 24.3 Å². The molecular formula is C12H14N2O3. The number of phenols is 2. The summed E-state index contributed by atoms with van der Waals surface area (Å²) in [6.07, 6.45) is 0. The summed E-state index contributed by atoms with van der Waals surface area (Å²) in [5.74, 6) is 0.103. The number of hydrogen-bond donors (Lipinski definition) is 4. The van der Waals surface area contributed by atoms with Crippen LogP contribution in [0.2, 0.25) is 0 Å². The van der Waals surface area contributed by atoms with Crippen molar-refractivity contribution in [2.45, 2.75) is 0 Å². The molecule has 0 aromatic heterocycles. The Bertz CT molecular complexity index is 492. The Hall–Kier alpha value is -2.40. The number of benzene rings is 2. The number of nitrogen functional groups attached to an aromatic ring is 2. The zero-order valence-corrected chi connectivity index (χ0v) is 9.01. The van der Waals surface area contributed by atoms with Gasteiger partial charge >= 0.3 is 0 Å². The maximum absolute atomic E-state index is 9.30. The van der Waals surface area contributed by atoms with Crippen molar-refractivity contribution in [3.8, 4) is 22.6 Å². The van der Waals surface area contributed by atoms with Crippen LogP contribution in [0.15, 0.2) is 36.4 Å². The van der Waals surface area contributed by atoms with Crippen molar-refractivity contribution in [2.75, 3.05) is 11.5 Å². The molecule has 2 aromatic rings. The van der Waals surface area contributed by atoms with Crippen LogP contribution in [0.25, 0.3) is 11.1 Å². The molecule has 0 saturated heterocycles. The summed E-state index contributed by atoms with van der Waals surface area (Å²) >= 11 is 0. The Kier molecular flexibility index (Phi) is 3.45. The lowest BCUT2D eigenvalue weighted by molar-refractivity contribution is 0.477. The van der Waals surface area contributed by atoms with Gasteiger partial charge in [-0.3, -0.25) is 0 Å². The molecule has 5 heteroatoms. The lowest BCUT2D eigenvalue weighted by Crippen LogP contribution is -1.89. The molecule has 0 unspecified atom stereocenters. The van der Waals surface area contributed by atoms with Crippen LogP contribution >= 0.6 is 0 Å². The Balaban J connectivity index is 0.00000144. The normalized spacial score (nSPS) is 9.65. The summed E-state index contributed by atoms with van der Waals surface area (Å²) in [6, 6.07) is 9.82. The summed E-state index contributed by atoms with van der Waals surface area (Å²) in [5.41, 5.74) is 13.5. The van der Waals surface area contributed by atoms with Gasteiger partial charge in [0.05, 0.1) is 11.4 Å². The number of aromatic hydroxyl groups is 2. The van der Waals surface area contributed by atoms with Gasteiger partial charge in [-0.05, 0) is 35.4 Å². The topological polar surface area (TPSA) is 124 Å². The first-order valence-corrected chi connectivity index (χ1v) is 4.75. The molecule has 0 spiro atoms. The zero-order valence-electron chi connectivity index (χ0n) is 9.01. The van der Waals surface area contributed by atoms with Gasteiger partial charge in [0.2, 0.25) is 0 Å². The van der Waals surface area contributed by atoms with Crippen molar-refractivity contribution < 1.29 is 15.7 Å². The molecule has 0 bridgehead atoms. The van der Waals surface area contributed by atoms with E-state index < -0.39 is 0 Å². The SMILES string of the molecule is Nc1cc(-c2ccc(O)c(N)c2)ccc1O.O. The molecule has 0 amide bonds. The van der Waals surface area contributed by atoms with Gasteiger partial charge in [-0.15, -0.1) is 0 Å². The summed E-state index contributed by atoms with van der Waals surface area (Å²) in [7, 11) is 0. The van der Waals surface area contributed by atoms with E-state index in [1.165, 1.54) is 12.1 Å². The number of hydrogen-bond acceptors (Lipinski definition) is 4. The minimum absolute atomic E-state index is 0. The first kappa shape index (κ1) is 12.7. The Labute approximate surface area is 98.2 Å². The smallest absolute Gasteiger partial charge is 0.138 e. The van der Waals surface area contributed by atoms with Crippen molar-refractivity contribution in [3.05, 3.63) is 36.4 Å². The molecule has 2 rings (SSSR count). The highest BCUT2D eigenvalue weighted by molar-refractivity contribution is 5.74. The Morgan fingerprint density at radius 1 is 0.706 bits per heavy atom. The molecular weight excluding hydrogens is 220 g/mol. The van der Waals surface area contributed by atoms with Crippen molar-refractivity contribution in [2.24, 2.45) is 0 Å². The summed E-state index contributed by atoms with van der Waals surface area (Å²) < 4.78 is 0. The number of phenolic OH excluding ortho intramolecular Hbond substituents is 2. The first-order valence-electron chi connectivity index (χ1n) is 4.75. The highest BCUT2D eigenvalue weighted by Gasteiger charge is 2.04. The second-order valence-corrected chi connectivity index (χ2v) is 3.55. The highest BCUT2D eigenvalue weighted by Crippen LogP contribution is 2.31. The summed E-state index contributed by atoms with van der Waals surface area (Å²) in [5, 5.41) is 18.6. The monoisotopic (exact) mass is 234 g/mol. The molecule has 8 N–H and O–H groups in total. The fourth-order valence-electron chi connectivity index (χ4n) is 1.47. The quantitative estimate of drug-likeness (QED) is 0.435. The summed E-state index contributed by atoms with van der Waals surface area (Å²) in [6.45, 7) is 0. The Morgan fingerprint density at radius 3 is 1.35 bits per heavy atom. The summed E-state index contributed by atoms with van der Waals surface area (Å²) in [4.78, 5) is 0. The van der Waals surface area contributed by atoms with Gasteiger partial charge in [0.1, 0.15) is 11.5 Å². The fourth-order valence-corrected chi connectivity index (χ4v) is 1.47. The van der Waals surface area contributed by atoms with Gasteiger partial charge in [0.25, 0.3) is 0 Å². The standard InChI is InChI=1S/C12H12N2O2.H2O/c13-9-5-7(1-3-11(9)15)8-2-4-12(16)10(14)6-8;/h1-6,15-16H,13-14H2;1H2. The van der Waals surface area contributed by atoms with E-state index >= 15 is 0 Å². The molecule has 17 heavy (non-hydrogen) atoms. The fraction of sp³-hybridized carbons (Fsp3) is 0. The van der Waals surface area contributed by atoms with Gasteiger partial charge in [0.15, 0.2) is 0 Å². The molecule has 0 atom stereocenters. The second kappa shape index (κ2) is 4.63. The zero-order chi connectivity index (χ0) is 11.7. The third-order valence-corrected chi connectivity index (χ3v) is 2.39. The van der Waals surface area contributed by atoms with Crippen LogP contribution in [0.3, 0.4) is 0 Å². The van der Waals surface area contributed by atoms with Crippen molar-refractivity contribution in [1.29, 1.82) is 0 Å². The van der Waals surface area contributed by atoms with Gasteiger partial charge in [-0.1, -0.05) is 12.1 Å². The van der Waals surface area contributed by atoms with Crippen LogP contribution in [0.1, 0.15) is 0 Å². The van der Waals surface area contributed by atoms with E-state index in [-0.39, 0.29) is 17.0 Å². The van der Waals surface area contributed by atoms with Crippen LogP contribution in [-0.2, 0) is 0 Å². The van der Waals surface area contributed by atoms with E-state index in [0.717, 1.165) is 11.1 Å². The molecule has 0 aliphatic heterocycles. The van der Waals surface area contributed by atoms with Crippen LogP contribution in [-0.4, -0.2) is 15.7 Å². The van der Waals surface area contributed by atoms with Crippen LogP contribution in [0.4, 0.5) is 11.4 Å². The minimum atomic E-state index is 0. The van der Waals surface area contributed by atoms with E-state index in [0.29, 0.717) is 11.4 Å². The van der Waals surface area contributed by atoms with Crippen molar-refractivity contribution >= 4 is 11.4 Å². The maximum atomic E-state index is 9.30. The molecule has 2 aromatic carbocycles. The number of nitrogens with two attached hydrogens (primary N) is 2. The first-order chi connectivity index (χ1) is 7.58. The predicted octanol–water partition coefficient (Wildman–Crippen LogP) is 1.10. The van der Waals surface area contributed by atoms with Gasteiger partial charge in [-0.25, -0.2) is 0 Å². The Morgan fingerprint density at radius 2 is 1.06 bits per heavy atom. The third-order valence-electron chi connectivity index (χ3n) is 2.39. The molecule has 0 aliphatic carbocycles. The molecule has 0 aliphatic rings. The molecule has 0 saturated carbocycles. The molecule has 90 valence electrons. The molecule has 0 fully saturated rings. The van der Waals surface area contributed by atoms with Crippen molar-refractivity contribution in [1.82, 2.24) is 0 Å². The number of rotatable bonds is 1. The van der Waals surface area contributed by atoms with Gasteiger partial charge in [0, 0.05) is 0 Å².